The minimum atomic E-state index is -0.334. The summed E-state index contributed by atoms with van der Waals surface area (Å²) < 4.78 is 1.78. The Kier molecular flexibility index (Phi) is 3.79. The molecule has 0 unspecified atom stereocenters. The number of rotatable bonds is 3. The van der Waals surface area contributed by atoms with Gasteiger partial charge in [0.25, 0.3) is 0 Å². The quantitative estimate of drug-likeness (QED) is 0.801. The molecule has 0 spiro atoms. The molecule has 0 bridgehead atoms. The number of hydrogen-bond donors (Lipinski definition) is 0. The molecular weight excluding hydrogens is 260 g/mol. The van der Waals surface area contributed by atoms with Crippen molar-refractivity contribution < 1.29 is 0 Å². The Bertz CT molecular complexity index is 733. The third kappa shape index (κ3) is 3.07. The third-order valence-corrected chi connectivity index (χ3v) is 3.64. The van der Waals surface area contributed by atoms with E-state index in [1.54, 1.807) is 4.57 Å². The predicted octanol–water partition coefficient (Wildman–Crippen LogP) is 3.91. The number of benzene rings is 1. The van der Waals surface area contributed by atoms with Crippen LogP contribution in [0.2, 0.25) is 0 Å². The smallest absolute Gasteiger partial charge is 0.291 e. The summed E-state index contributed by atoms with van der Waals surface area (Å²) in [5.41, 5.74) is 1.23. The van der Waals surface area contributed by atoms with Crippen molar-refractivity contribution in [2.24, 2.45) is 5.41 Å². The van der Waals surface area contributed by atoms with Gasteiger partial charge in [-0.25, -0.2) is 4.79 Å². The molecule has 0 aliphatic heterocycles. The second kappa shape index (κ2) is 5.14. The average Bonchev–Trinajstić information content (AvgIpc) is 2.40. The van der Waals surface area contributed by atoms with Gasteiger partial charge in [-0.1, -0.05) is 58.9 Å². The van der Waals surface area contributed by atoms with E-state index in [2.05, 4.69) is 32.3 Å². The fourth-order valence-corrected chi connectivity index (χ4v) is 2.44. The molecule has 1 aromatic heterocycles. The van der Waals surface area contributed by atoms with E-state index in [1.807, 2.05) is 44.2 Å². The van der Waals surface area contributed by atoms with Gasteiger partial charge in [0, 0.05) is 17.3 Å². The van der Waals surface area contributed by atoms with Crippen LogP contribution in [0.3, 0.4) is 0 Å². The highest BCUT2D eigenvalue weighted by Crippen LogP contribution is 2.29. The van der Waals surface area contributed by atoms with Gasteiger partial charge in [-0.15, -0.1) is 6.58 Å². The molecule has 1 heterocycles. The standard InChI is InChI=1S/C18H24N2O/c1-7-18(5,6)15-13-10-8-9-11-14(13)20(16(21)19-15)12-17(2,3)4/h7-11H,1,12H2,2-6H3. The minimum Gasteiger partial charge on any atom is -0.291 e. The maximum absolute atomic E-state index is 12.5. The van der Waals surface area contributed by atoms with Crippen molar-refractivity contribution in [1.82, 2.24) is 9.55 Å². The summed E-state index contributed by atoms with van der Waals surface area (Å²) in [6.07, 6.45) is 1.84. The number of fused-ring (bicyclic) bond motifs is 1. The highest BCUT2D eigenvalue weighted by Gasteiger charge is 2.24. The summed E-state index contributed by atoms with van der Waals surface area (Å²) in [5, 5.41) is 1.02. The van der Waals surface area contributed by atoms with Crippen molar-refractivity contribution >= 4 is 10.9 Å². The molecule has 0 fully saturated rings. The van der Waals surface area contributed by atoms with Gasteiger partial charge >= 0.3 is 5.69 Å². The van der Waals surface area contributed by atoms with E-state index in [0.29, 0.717) is 6.54 Å². The molecular formula is C18H24N2O. The maximum Gasteiger partial charge on any atom is 0.348 e. The Hall–Kier alpha value is -1.90. The first-order valence-electron chi connectivity index (χ1n) is 7.29. The first-order valence-corrected chi connectivity index (χ1v) is 7.29. The third-order valence-electron chi connectivity index (χ3n) is 3.64. The van der Waals surface area contributed by atoms with Crippen LogP contribution in [0.4, 0.5) is 0 Å². The molecule has 112 valence electrons. The van der Waals surface area contributed by atoms with Gasteiger partial charge in [-0.2, -0.15) is 4.98 Å². The summed E-state index contributed by atoms with van der Waals surface area (Å²) in [4.78, 5) is 16.9. The zero-order valence-corrected chi connectivity index (χ0v) is 13.6. The number of nitrogens with zero attached hydrogens (tertiary/aromatic N) is 2. The lowest BCUT2D eigenvalue weighted by molar-refractivity contribution is 0.341. The molecule has 0 N–H and O–H groups in total. The Morgan fingerprint density at radius 3 is 2.38 bits per heavy atom. The van der Waals surface area contributed by atoms with Crippen LogP contribution in [0.1, 0.15) is 40.3 Å². The molecule has 0 atom stereocenters. The van der Waals surface area contributed by atoms with Gasteiger partial charge in [-0.05, 0) is 11.5 Å². The number of allylic oxidation sites excluding steroid dienone is 1. The molecule has 2 rings (SSSR count). The van der Waals surface area contributed by atoms with Gasteiger partial charge in [-0.3, -0.25) is 4.57 Å². The highest BCUT2D eigenvalue weighted by molar-refractivity contribution is 5.82. The van der Waals surface area contributed by atoms with Crippen LogP contribution >= 0.6 is 0 Å². The van der Waals surface area contributed by atoms with E-state index in [-0.39, 0.29) is 16.5 Å². The SMILES string of the molecule is C=CC(C)(C)c1nc(=O)n(CC(C)(C)C)c2ccccc12. The zero-order valence-electron chi connectivity index (χ0n) is 13.6. The maximum atomic E-state index is 12.5. The van der Waals surface area contributed by atoms with E-state index < -0.39 is 0 Å². The fourth-order valence-electron chi connectivity index (χ4n) is 2.44. The second-order valence-electron chi connectivity index (χ2n) is 7.33. The van der Waals surface area contributed by atoms with Crippen molar-refractivity contribution in [3.05, 3.63) is 53.1 Å². The van der Waals surface area contributed by atoms with E-state index >= 15 is 0 Å². The van der Waals surface area contributed by atoms with Gasteiger partial charge < -0.3 is 0 Å². The molecule has 0 aliphatic rings. The van der Waals surface area contributed by atoms with Crippen LogP contribution in [0.5, 0.6) is 0 Å². The Morgan fingerprint density at radius 2 is 1.81 bits per heavy atom. The molecule has 3 nitrogen and oxygen atoms in total. The summed E-state index contributed by atoms with van der Waals surface area (Å²) in [6, 6.07) is 7.97. The number of hydrogen-bond acceptors (Lipinski definition) is 2. The second-order valence-corrected chi connectivity index (χ2v) is 7.33. The van der Waals surface area contributed by atoms with E-state index in [4.69, 9.17) is 0 Å². The number of para-hydroxylation sites is 1. The van der Waals surface area contributed by atoms with E-state index in [0.717, 1.165) is 16.6 Å². The first-order chi connectivity index (χ1) is 9.65. The van der Waals surface area contributed by atoms with Gasteiger partial charge in [0.15, 0.2) is 0 Å². The van der Waals surface area contributed by atoms with Crippen LogP contribution in [-0.2, 0) is 12.0 Å². The zero-order chi connectivity index (χ0) is 15.8. The molecule has 0 saturated carbocycles. The molecule has 0 saturated heterocycles. The normalized spacial score (nSPS) is 12.6. The Balaban J connectivity index is 2.82. The Labute approximate surface area is 126 Å². The predicted molar refractivity (Wildman–Crippen MR) is 88.7 cm³/mol. The summed E-state index contributed by atoms with van der Waals surface area (Å²) >= 11 is 0. The molecule has 21 heavy (non-hydrogen) atoms. The van der Waals surface area contributed by atoms with Gasteiger partial charge in [0.1, 0.15) is 0 Å². The summed E-state index contributed by atoms with van der Waals surface area (Å²) in [6.45, 7) is 14.9. The molecule has 0 aliphatic carbocycles. The van der Waals surface area contributed by atoms with Crippen LogP contribution in [0.25, 0.3) is 10.9 Å². The molecule has 3 heteroatoms. The lowest BCUT2D eigenvalue weighted by Crippen LogP contribution is -2.32. The number of aromatic nitrogens is 2. The lowest BCUT2D eigenvalue weighted by Gasteiger charge is -2.25. The molecule has 2 aromatic rings. The molecule has 0 amide bonds. The highest BCUT2D eigenvalue weighted by atomic mass is 16.1. The monoisotopic (exact) mass is 284 g/mol. The van der Waals surface area contributed by atoms with Crippen molar-refractivity contribution in [1.29, 1.82) is 0 Å². The van der Waals surface area contributed by atoms with Crippen LogP contribution in [0, 0.1) is 5.41 Å². The first kappa shape index (κ1) is 15.5. The van der Waals surface area contributed by atoms with Crippen molar-refractivity contribution in [3.63, 3.8) is 0 Å². The summed E-state index contributed by atoms with van der Waals surface area (Å²) in [7, 11) is 0. The van der Waals surface area contributed by atoms with E-state index in [9.17, 15) is 4.79 Å². The molecule has 0 radical (unpaired) electrons. The minimum absolute atomic E-state index is 0.0176. The fraction of sp³-hybridized carbons (Fsp3) is 0.444. The van der Waals surface area contributed by atoms with Crippen LogP contribution in [-0.4, -0.2) is 9.55 Å². The Morgan fingerprint density at radius 1 is 1.19 bits per heavy atom. The van der Waals surface area contributed by atoms with Gasteiger partial charge in [0.2, 0.25) is 0 Å². The van der Waals surface area contributed by atoms with Crippen molar-refractivity contribution in [3.8, 4) is 0 Å². The topological polar surface area (TPSA) is 34.9 Å². The van der Waals surface area contributed by atoms with Crippen molar-refractivity contribution in [2.75, 3.05) is 0 Å². The van der Waals surface area contributed by atoms with Crippen LogP contribution in [0.15, 0.2) is 41.7 Å². The largest absolute Gasteiger partial charge is 0.348 e. The van der Waals surface area contributed by atoms with Crippen molar-refractivity contribution in [2.45, 2.75) is 46.6 Å². The summed E-state index contributed by atoms with van der Waals surface area (Å²) in [5.74, 6) is 0. The average molecular weight is 284 g/mol. The van der Waals surface area contributed by atoms with Crippen LogP contribution < -0.4 is 5.69 Å². The van der Waals surface area contributed by atoms with E-state index in [1.165, 1.54) is 0 Å². The molecule has 1 aromatic carbocycles. The lowest BCUT2D eigenvalue weighted by atomic mass is 9.87. The van der Waals surface area contributed by atoms with Gasteiger partial charge in [0.05, 0.1) is 11.2 Å².